The fourth-order valence-electron chi connectivity index (χ4n) is 5.98. The van der Waals surface area contributed by atoms with Gasteiger partial charge >= 0.3 is 0 Å². The summed E-state index contributed by atoms with van der Waals surface area (Å²) in [7, 11) is 4.23. The Kier molecular flexibility index (Phi) is 5.20. The van der Waals surface area contributed by atoms with Crippen LogP contribution in [-0.2, 0) is 15.6 Å². The van der Waals surface area contributed by atoms with Gasteiger partial charge in [-0.25, -0.2) is 0 Å². The molecule has 0 unspecified atom stereocenters. The minimum atomic E-state index is -0.0826. The van der Waals surface area contributed by atoms with E-state index in [1.807, 2.05) is 0 Å². The van der Waals surface area contributed by atoms with E-state index in [4.69, 9.17) is 0 Å². The van der Waals surface area contributed by atoms with E-state index in [1.165, 1.54) is 33.9 Å². The molecule has 0 aromatic heterocycles. The van der Waals surface area contributed by atoms with Crippen LogP contribution >= 0.6 is 0 Å². The van der Waals surface area contributed by atoms with E-state index in [9.17, 15) is 4.79 Å². The summed E-state index contributed by atoms with van der Waals surface area (Å²) < 4.78 is 0. The van der Waals surface area contributed by atoms with Crippen LogP contribution < -0.4 is 9.80 Å². The molecule has 0 atom stereocenters. The maximum absolute atomic E-state index is 13.2. The van der Waals surface area contributed by atoms with Crippen LogP contribution in [0.25, 0.3) is 0 Å². The second-order valence-corrected chi connectivity index (χ2v) is 10.7. The lowest BCUT2D eigenvalue weighted by molar-refractivity contribution is -0.111. The number of nitrogens with zero attached hydrogens (tertiary/aromatic N) is 2. The second kappa shape index (κ2) is 7.87. The number of benzene rings is 2. The molecule has 0 N–H and O–H groups in total. The van der Waals surface area contributed by atoms with Crippen LogP contribution in [0.15, 0.2) is 95.4 Å². The number of Topliss-reactive ketones (excluding diaryl/α,β-unsaturated/α-hetero) is 1. The Morgan fingerprint density at radius 3 is 1.41 bits per heavy atom. The number of ketones is 1. The van der Waals surface area contributed by atoms with Gasteiger partial charge in [0, 0.05) is 58.8 Å². The predicted molar refractivity (Wildman–Crippen MR) is 142 cm³/mol. The highest BCUT2D eigenvalue weighted by atomic mass is 16.1. The molecule has 1 aliphatic carbocycles. The van der Waals surface area contributed by atoms with Crippen molar-refractivity contribution in [3.8, 4) is 0 Å². The van der Waals surface area contributed by atoms with Crippen molar-refractivity contribution in [1.82, 2.24) is 0 Å². The molecule has 1 saturated carbocycles. The average Bonchev–Trinajstić information content (AvgIpc) is 3.33. The molecule has 174 valence electrons. The normalized spacial score (nSPS) is 25.2. The fourth-order valence-corrected chi connectivity index (χ4v) is 5.98. The van der Waals surface area contributed by atoms with Gasteiger partial charge < -0.3 is 9.80 Å². The molecule has 34 heavy (non-hydrogen) atoms. The molecular formula is C31H34N2O. The molecule has 0 saturated heterocycles. The van der Waals surface area contributed by atoms with Crippen LogP contribution in [0.5, 0.6) is 0 Å². The first-order valence-electron chi connectivity index (χ1n) is 12.2. The number of carbonyl (C=O) groups is 1. The molecular weight excluding hydrogens is 416 g/mol. The fraction of sp³-hybridized carbons (Fsp3) is 0.323. The first-order valence-corrected chi connectivity index (χ1v) is 12.2. The smallest absolute Gasteiger partial charge is 0.185 e. The molecule has 5 rings (SSSR count). The summed E-state index contributed by atoms with van der Waals surface area (Å²) in [6, 6.07) is 17.1. The van der Waals surface area contributed by atoms with E-state index in [1.54, 1.807) is 0 Å². The van der Waals surface area contributed by atoms with Gasteiger partial charge in [-0.1, -0.05) is 76.2 Å². The van der Waals surface area contributed by atoms with E-state index in [0.29, 0.717) is 0 Å². The maximum Gasteiger partial charge on any atom is 0.185 e. The molecule has 0 radical (unpaired) electrons. The Balaban J connectivity index is 1.41. The number of rotatable bonds is 2. The molecule has 3 nitrogen and oxygen atoms in total. The molecule has 2 aromatic rings. The summed E-state index contributed by atoms with van der Waals surface area (Å²) >= 11 is 0. The number of carbonyl (C=O) groups excluding carboxylic acids is 1. The van der Waals surface area contributed by atoms with Gasteiger partial charge in [0.05, 0.1) is 0 Å². The van der Waals surface area contributed by atoms with Crippen molar-refractivity contribution in [3.63, 3.8) is 0 Å². The average molecular weight is 451 g/mol. The van der Waals surface area contributed by atoms with Crippen LogP contribution in [0.1, 0.15) is 51.7 Å². The van der Waals surface area contributed by atoms with Gasteiger partial charge in [0.1, 0.15) is 0 Å². The summed E-state index contributed by atoms with van der Waals surface area (Å²) in [5, 5.41) is 0. The lowest BCUT2D eigenvalue weighted by Crippen LogP contribution is -2.22. The Labute approximate surface area is 203 Å². The Morgan fingerprint density at radius 2 is 1.03 bits per heavy atom. The lowest BCUT2D eigenvalue weighted by atomic mass is 9.83. The van der Waals surface area contributed by atoms with Crippen LogP contribution in [0.3, 0.4) is 0 Å². The molecule has 2 heterocycles. The van der Waals surface area contributed by atoms with E-state index in [0.717, 1.165) is 24.0 Å². The highest BCUT2D eigenvalue weighted by molar-refractivity contribution is 6.11. The molecule has 2 aromatic carbocycles. The Morgan fingerprint density at radius 1 is 0.647 bits per heavy atom. The van der Waals surface area contributed by atoms with E-state index >= 15 is 0 Å². The van der Waals surface area contributed by atoms with Crippen molar-refractivity contribution in [1.29, 1.82) is 0 Å². The zero-order valence-electron chi connectivity index (χ0n) is 21.1. The van der Waals surface area contributed by atoms with Crippen molar-refractivity contribution >= 4 is 17.2 Å². The third kappa shape index (κ3) is 3.29. The molecule has 2 aliphatic heterocycles. The van der Waals surface area contributed by atoms with Gasteiger partial charge in [-0.2, -0.15) is 0 Å². The summed E-state index contributed by atoms with van der Waals surface area (Å²) in [4.78, 5) is 17.7. The van der Waals surface area contributed by atoms with Crippen LogP contribution in [0.4, 0.5) is 11.4 Å². The van der Waals surface area contributed by atoms with E-state index in [2.05, 4.69) is 124 Å². The number of hydrogen-bond acceptors (Lipinski definition) is 3. The molecule has 1 fully saturated rings. The molecule has 3 heteroatoms. The standard InChI is InChI=1S/C31H34N2O/c1-30(2)23-11-7-9-13-25(23)32(5)27(30)19-17-21-15-16-22(29(21)34)18-20-28-31(3,4)24-12-8-10-14-26(24)33(28)6/h7-14,17-20H,15-16H2,1-6H3/b21-17-,22-18-,27-19-,28-20-. The van der Waals surface area contributed by atoms with Gasteiger partial charge in [-0.15, -0.1) is 0 Å². The number of hydrogen-bond donors (Lipinski definition) is 0. The Bertz CT molecular complexity index is 1200. The van der Waals surface area contributed by atoms with Crippen molar-refractivity contribution in [2.75, 3.05) is 23.9 Å². The predicted octanol–water partition coefficient (Wildman–Crippen LogP) is 6.83. The van der Waals surface area contributed by atoms with Gasteiger partial charge in [0.25, 0.3) is 0 Å². The van der Waals surface area contributed by atoms with Crippen LogP contribution in [0, 0.1) is 0 Å². The minimum absolute atomic E-state index is 0.0826. The Hall–Kier alpha value is -3.33. The van der Waals surface area contributed by atoms with Crippen molar-refractivity contribution < 1.29 is 4.79 Å². The molecule has 3 aliphatic rings. The number of para-hydroxylation sites is 2. The highest BCUT2D eigenvalue weighted by Crippen LogP contribution is 2.48. The quantitative estimate of drug-likeness (QED) is 0.469. The third-order valence-corrected chi connectivity index (χ3v) is 8.01. The van der Waals surface area contributed by atoms with Gasteiger partial charge in [0.2, 0.25) is 0 Å². The van der Waals surface area contributed by atoms with Gasteiger partial charge in [0.15, 0.2) is 5.78 Å². The number of fused-ring (bicyclic) bond motifs is 2. The van der Waals surface area contributed by atoms with E-state index < -0.39 is 0 Å². The SMILES string of the molecule is CN1/C(=C\C=C2\CC/C(=C/C=C3\N(C)c4ccccc4C3(C)C)C2=O)C(C)(C)c2ccccc21. The summed E-state index contributed by atoms with van der Waals surface area (Å²) in [6.45, 7) is 9.02. The van der Waals surface area contributed by atoms with Crippen LogP contribution in [0.2, 0.25) is 0 Å². The summed E-state index contributed by atoms with van der Waals surface area (Å²) in [6.07, 6.45) is 10.0. The third-order valence-electron chi connectivity index (χ3n) is 8.01. The summed E-state index contributed by atoms with van der Waals surface area (Å²) in [5.74, 6) is 0.181. The number of allylic oxidation sites excluding steroid dienone is 8. The first kappa shape index (κ1) is 22.5. The molecule has 0 bridgehead atoms. The van der Waals surface area contributed by atoms with Crippen molar-refractivity contribution in [2.45, 2.75) is 51.4 Å². The zero-order chi connectivity index (χ0) is 24.3. The number of anilines is 2. The first-order chi connectivity index (χ1) is 16.1. The van der Waals surface area contributed by atoms with Crippen molar-refractivity contribution in [3.05, 3.63) is 107 Å². The highest BCUT2D eigenvalue weighted by Gasteiger charge is 2.39. The molecule has 0 spiro atoms. The topological polar surface area (TPSA) is 23.6 Å². The molecule has 0 amide bonds. The minimum Gasteiger partial charge on any atom is -0.347 e. The zero-order valence-corrected chi connectivity index (χ0v) is 21.1. The largest absolute Gasteiger partial charge is 0.347 e. The maximum atomic E-state index is 13.2. The lowest BCUT2D eigenvalue weighted by Gasteiger charge is -2.23. The monoisotopic (exact) mass is 450 g/mol. The van der Waals surface area contributed by atoms with Crippen LogP contribution in [-0.4, -0.2) is 19.9 Å². The van der Waals surface area contributed by atoms with Gasteiger partial charge in [-0.3, -0.25) is 4.79 Å². The summed E-state index contributed by atoms with van der Waals surface area (Å²) in [5.41, 5.74) is 9.23. The van der Waals surface area contributed by atoms with Crippen molar-refractivity contribution in [2.24, 2.45) is 0 Å². The number of likely N-dealkylation sites (N-methyl/N-ethyl adjacent to an activating group) is 2. The second-order valence-electron chi connectivity index (χ2n) is 10.7. The van der Waals surface area contributed by atoms with E-state index in [-0.39, 0.29) is 16.6 Å². The van der Waals surface area contributed by atoms with Gasteiger partial charge in [-0.05, 0) is 48.3 Å².